The Bertz CT molecular complexity index is 496. The maximum atomic E-state index is 11.8. The van der Waals surface area contributed by atoms with E-state index in [0.717, 1.165) is 12.8 Å². The summed E-state index contributed by atoms with van der Waals surface area (Å²) < 4.78 is 16.8. The molecular weight excluding hydrogens is 296 g/mol. The molecule has 0 bridgehead atoms. The number of ether oxygens (including phenoxy) is 3. The van der Waals surface area contributed by atoms with Gasteiger partial charge in [-0.1, -0.05) is 19.1 Å². The van der Waals surface area contributed by atoms with E-state index in [-0.39, 0.29) is 29.8 Å². The van der Waals surface area contributed by atoms with Gasteiger partial charge in [-0.3, -0.25) is 0 Å². The van der Waals surface area contributed by atoms with Gasteiger partial charge < -0.3 is 19.3 Å². The smallest absolute Gasteiger partial charge is 0.330 e. The molecule has 5 nitrogen and oxygen atoms in total. The van der Waals surface area contributed by atoms with Crippen molar-refractivity contribution in [3.05, 3.63) is 24.3 Å². The molecule has 0 aromatic carbocycles. The van der Waals surface area contributed by atoms with Crippen molar-refractivity contribution in [2.24, 2.45) is 5.92 Å². The third-order valence-corrected chi connectivity index (χ3v) is 4.95. The molecule has 1 saturated heterocycles. The molecule has 1 N–H and O–H groups in total. The highest BCUT2D eigenvalue weighted by Crippen LogP contribution is 2.44. The second-order valence-electron chi connectivity index (χ2n) is 7.06. The Kier molecular flexibility index (Phi) is 5.33. The Morgan fingerprint density at radius 3 is 2.61 bits per heavy atom. The molecule has 0 aromatic rings. The molecular formula is C18H28O5. The zero-order chi connectivity index (χ0) is 17.3. The van der Waals surface area contributed by atoms with E-state index in [4.69, 9.17) is 14.2 Å². The standard InChI is InChI=1S/C18H28O5/c1-12-6-7-15-18(4,23-15)14(21-5)8-10-17(3,20)11-9-16(19)22-13(12)2/h8-15,20H,6-7H2,1-5H3/b10-8+,11-9+/t12-,13+,14-,15?,17+,18?/m0/s1. The highest BCUT2D eigenvalue weighted by Gasteiger charge is 2.57. The number of rotatable bonds is 1. The average Bonchev–Trinajstić information content (AvgIpc) is 3.14. The fourth-order valence-corrected chi connectivity index (χ4v) is 2.93. The number of aliphatic hydroxyl groups is 1. The van der Waals surface area contributed by atoms with Crippen LogP contribution in [0.2, 0.25) is 0 Å². The maximum absolute atomic E-state index is 11.8. The Morgan fingerprint density at radius 1 is 1.26 bits per heavy atom. The first-order valence-corrected chi connectivity index (χ1v) is 8.20. The lowest BCUT2D eigenvalue weighted by Crippen LogP contribution is -2.31. The molecule has 2 aliphatic heterocycles. The quantitative estimate of drug-likeness (QED) is 0.456. The third-order valence-electron chi connectivity index (χ3n) is 4.95. The maximum Gasteiger partial charge on any atom is 0.330 e. The highest BCUT2D eigenvalue weighted by molar-refractivity contribution is 5.82. The summed E-state index contributed by atoms with van der Waals surface area (Å²) in [6, 6.07) is 0. The second-order valence-corrected chi connectivity index (χ2v) is 7.06. The van der Waals surface area contributed by atoms with Crippen molar-refractivity contribution in [3.63, 3.8) is 0 Å². The van der Waals surface area contributed by atoms with Gasteiger partial charge in [0, 0.05) is 13.2 Å². The van der Waals surface area contributed by atoms with Crippen molar-refractivity contribution in [3.8, 4) is 0 Å². The molecule has 0 spiro atoms. The number of cyclic esters (lactones) is 1. The topological polar surface area (TPSA) is 68.3 Å². The largest absolute Gasteiger partial charge is 0.459 e. The summed E-state index contributed by atoms with van der Waals surface area (Å²) in [5, 5.41) is 10.3. The third kappa shape index (κ3) is 4.43. The molecule has 0 amide bonds. The molecule has 130 valence electrons. The van der Waals surface area contributed by atoms with Gasteiger partial charge in [-0.2, -0.15) is 0 Å². The van der Waals surface area contributed by atoms with Crippen LogP contribution in [0.5, 0.6) is 0 Å². The lowest BCUT2D eigenvalue weighted by molar-refractivity contribution is -0.144. The van der Waals surface area contributed by atoms with Crippen LogP contribution in [0.3, 0.4) is 0 Å². The summed E-state index contributed by atoms with van der Waals surface area (Å²) in [5.74, 6) is -0.202. The van der Waals surface area contributed by atoms with Crippen LogP contribution in [0, 0.1) is 5.92 Å². The van der Waals surface area contributed by atoms with E-state index in [1.807, 2.05) is 13.8 Å². The number of fused-ring (bicyclic) bond motifs is 1. The van der Waals surface area contributed by atoms with Gasteiger partial charge in [-0.25, -0.2) is 4.79 Å². The summed E-state index contributed by atoms with van der Waals surface area (Å²) in [6.45, 7) is 7.59. The van der Waals surface area contributed by atoms with Gasteiger partial charge in [0.2, 0.25) is 0 Å². The molecule has 1 fully saturated rings. The Hall–Kier alpha value is -1.17. The fourth-order valence-electron chi connectivity index (χ4n) is 2.93. The Balaban J connectivity index is 2.23. The first-order valence-electron chi connectivity index (χ1n) is 8.20. The summed E-state index contributed by atoms with van der Waals surface area (Å²) in [5.41, 5.74) is -1.62. The van der Waals surface area contributed by atoms with Crippen LogP contribution in [-0.4, -0.2) is 47.7 Å². The van der Waals surface area contributed by atoms with Gasteiger partial charge in [-0.05, 0) is 45.6 Å². The lowest BCUT2D eigenvalue weighted by Gasteiger charge is -2.22. The number of carbonyl (C=O) groups is 1. The molecule has 5 heteroatoms. The predicted octanol–water partition coefficient (Wildman–Crippen LogP) is 2.38. The summed E-state index contributed by atoms with van der Waals surface area (Å²) in [7, 11) is 1.63. The van der Waals surface area contributed by atoms with Crippen LogP contribution in [0.15, 0.2) is 24.3 Å². The van der Waals surface area contributed by atoms with Crippen LogP contribution in [-0.2, 0) is 19.0 Å². The van der Waals surface area contributed by atoms with Crippen molar-refractivity contribution >= 4 is 5.97 Å². The summed E-state index contributed by atoms with van der Waals surface area (Å²) in [6.07, 6.45) is 7.62. The van der Waals surface area contributed by atoms with Gasteiger partial charge in [0.05, 0.1) is 11.7 Å². The van der Waals surface area contributed by atoms with Gasteiger partial charge in [0.1, 0.15) is 17.8 Å². The molecule has 0 aromatic heterocycles. The van der Waals surface area contributed by atoms with Crippen LogP contribution < -0.4 is 0 Å². The molecule has 0 saturated carbocycles. The summed E-state index contributed by atoms with van der Waals surface area (Å²) >= 11 is 0. The van der Waals surface area contributed by atoms with Crippen molar-refractivity contribution in [1.29, 1.82) is 0 Å². The van der Waals surface area contributed by atoms with E-state index in [2.05, 4.69) is 6.92 Å². The van der Waals surface area contributed by atoms with Crippen LogP contribution in [0.25, 0.3) is 0 Å². The van der Waals surface area contributed by atoms with Crippen LogP contribution in [0.1, 0.15) is 40.5 Å². The first kappa shape index (κ1) is 18.2. The zero-order valence-corrected chi connectivity index (χ0v) is 14.6. The number of epoxide rings is 1. The lowest BCUT2D eigenvalue weighted by atomic mass is 9.91. The van der Waals surface area contributed by atoms with Crippen LogP contribution >= 0.6 is 0 Å². The minimum atomic E-state index is -1.25. The number of carbonyl (C=O) groups excluding carboxylic acids is 1. The Morgan fingerprint density at radius 2 is 1.96 bits per heavy atom. The van der Waals surface area contributed by atoms with Gasteiger partial charge in [0.15, 0.2) is 0 Å². The first-order chi connectivity index (χ1) is 10.7. The molecule has 2 unspecified atom stereocenters. The minimum absolute atomic E-state index is 0.117. The van der Waals surface area contributed by atoms with E-state index in [1.165, 1.54) is 12.2 Å². The van der Waals surface area contributed by atoms with E-state index in [1.54, 1.807) is 26.2 Å². The van der Waals surface area contributed by atoms with E-state index >= 15 is 0 Å². The minimum Gasteiger partial charge on any atom is -0.459 e. The fraction of sp³-hybridized carbons (Fsp3) is 0.722. The SMILES string of the molecule is CO[C@H]1/C=C/[C@@](C)(O)/C=C/C(=O)O[C@H](C)[C@@H](C)CCC2OC21C. The second kappa shape index (κ2) is 6.75. The normalized spacial score (nSPS) is 47.8. The number of methoxy groups -OCH3 is 1. The average molecular weight is 324 g/mol. The number of hydrogen-bond donors (Lipinski definition) is 1. The molecule has 2 aliphatic rings. The van der Waals surface area contributed by atoms with Gasteiger partial charge >= 0.3 is 5.97 Å². The molecule has 2 rings (SSSR count). The monoisotopic (exact) mass is 324 g/mol. The van der Waals surface area contributed by atoms with E-state index in [0.29, 0.717) is 0 Å². The van der Waals surface area contributed by atoms with Gasteiger partial charge in [0.25, 0.3) is 0 Å². The number of esters is 1. The zero-order valence-electron chi connectivity index (χ0n) is 14.6. The van der Waals surface area contributed by atoms with E-state index in [9.17, 15) is 9.90 Å². The molecule has 23 heavy (non-hydrogen) atoms. The molecule has 0 radical (unpaired) electrons. The van der Waals surface area contributed by atoms with Crippen molar-refractivity contribution < 1.29 is 24.1 Å². The van der Waals surface area contributed by atoms with Crippen LogP contribution in [0.4, 0.5) is 0 Å². The van der Waals surface area contributed by atoms with Crippen molar-refractivity contribution in [2.45, 2.75) is 70.1 Å². The Labute approximate surface area is 138 Å². The van der Waals surface area contributed by atoms with Gasteiger partial charge in [-0.15, -0.1) is 0 Å². The van der Waals surface area contributed by atoms with Crippen molar-refractivity contribution in [1.82, 2.24) is 0 Å². The molecule has 6 atom stereocenters. The predicted molar refractivity (Wildman–Crippen MR) is 86.9 cm³/mol. The summed E-state index contributed by atoms with van der Waals surface area (Å²) in [4.78, 5) is 11.8. The highest BCUT2D eigenvalue weighted by atomic mass is 16.6. The molecule has 0 aliphatic carbocycles. The van der Waals surface area contributed by atoms with E-state index < -0.39 is 11.6 Å². The number of hydrogen-bond acceptors (Lipinski definition) is 5. The van der Waals surface area contributed by atoms with Crippen molar-refractivity contribution in [2.75, 3.05) is 7.11 Å². The molecule has 2 heterocycles.